The molecular formula is C15H19ClN4O. The summed E-state index contributed by atoms with van der Waals surface area (Å²) in [4.78, 5) is 11.3. The number of aromatic nitrogens is 1. The highest BCUT2D eigenvalue weighted by Crippen LogP contribution is 2.41. The molecule has 6 heteroatoms. The molecule has 1 spiro atoms. The summed E-state index contributed by atoms with van der Waals surface area (Å²) in [6.07, 6.45) is 4.21. The molecule has 5 nitrogen and oxygen atoms in total. The Balaban J connectivity index is 1.49. The predicted octanol–water partition coefficient (Wildman–Crippen LogP) is 2.31. The summed E-state index contributed by atoms with van der Waals surface area (Å²) in [6, 6.07) is 2.44. The van der Waals surface area contributed by atoms with Crippen molar-refractivity contribution in [3.63, 3.8) is 0 Å². The number of hydrogen-bond acceptors (Lipinski definition) is 5. The molecule has 0 saturated carbocycles. The molecule has 2 bridgehead atoms. The van der Waals surface area contributed by atoms with E-state index in [-0.39, 0.29) is 5.60 Å². The lowest BCUT2D eigenvalue weighted by Gasteiger charge is -2.50. The van der Waals surface area contributed by atoms with Crippen molar-refractivity contribution in [2.45, 2.75) is 25.4 Å². The first-order valence-electron chi connectivity index (χ1n) is 7.50. The van der Waals surface area contributed by atoms with Crippen LogP contribution in [0.1, 0.15) is 18.4 Å². The molecule has 1 atom stereocenters. The first kappa shape index (κ1) is 13.3. The fourth-order valence-electron chi connectivity index (χ4n) is 3.67. The smallest absolute Gasteiger partial charge is 0.291 e. The number of fused-ring (bicyclic) bond motifs is 2. The summed E-state index contributed by atoms with van der Waals surface area (Å²) in [5, 5.41) is 3.73. The second kappa shape index (κ2) is 4.85. The van der Waals surface area contributed by atoms with Crippen molar-refractivity contribution in [1.29, 1.82) is 0 Å². The minimum absolute atomic E-state index is 0.129. The second-order valence-corrected chi connectivity index (χ2v) is 6.71. The summed E-state index contributed by atoms with van der Waals surface area (Å²) >= 11 is 6.20. The van der Waals surface area contributed by atoms with Crippen LogP contribution in [-0.4, -0.2) is 47.7 Å². The monoisotopic (exact) mass is 306 g/mol. The quantitative estimate of drug-likeness (QED) is 0.865. The van der Waals surface area contributed by atoms with Crippen molar-refractivity contribution in [3.8, 4) is 0 Å². The van der Waals surface area contributed by atoms with E-state index in [1.54, 1.807) is 6.20 Å². The van der Waals surface area contributed by atoms with Crippen molar-refractivity contribution in [1.82, 2.24) is 9.88 Å². The van der Waals surface area contributed by atoms with Gasteiger partial charge in [0.1, 0.15) is 5.60 Å². The Bertz CT molecular complexity index is 597. The number of anilines is 1. The number of rotatable bonds is 1. The fourth-order valence-corrected chi connectivity index (χ4v) is 3.94. The standard InChI is InChI=1S/C15H19ClN4O/c1-10-6-12(16)13(17-7-10)19-14-18-8-15(21-14)9-20-4-2-11(15)3-5-20/h6-7,11H,2-5,8-9H2,1H3,(H,17,18,19)/t15-/m0/s1. The van der Waals surface area contributed by atoms with E-state index in [2.05, 4.69) is 20.2 Å². The van der Waals surface area contributed by atoms with Crippen LogP contribution in [0.3, 0.4) is 0 Å². The molecule has 0 aliphatic carbocycles. The highest BCUT2D eigenvalue weighted by Gasteiger charge is 2.51. The third kappa shape index (κ3) is 2.28. The number of piperidine rings is 3. The Kier molecular flexibility index (Phi) is 3.08. The summed E-state index contributed by atoms with van der Waals surface area (Å²) < 4.78 is 6.21. The van der Waals surface area contributed by atoms with Crippen molar-refractivity contribution in [2.24, 2.45) is 10.9 Å². The Hall–Kier alpha value is -1.33. The van der Waals surface area contributed by atoms with Crippen LogP contribution in [0.4, 0.5) is 5.82 Å². The molecule has 3 saturated heterocycles. The lowest BCUT2D eigenvalue weighted by molar-refractivity contribution is -0.0829. The van der Waals surface area contributed by atoms with E-state index in [1.165, 1.54) is 25.9 Å². The number of amidine groups is 1. The van der Waals surface area contributed by atoms with E-state index in [1.807, 2.05) is 13.0 Å². The van der Waals surface area contributed by atoms with Crippen LogP contribution in [0.2, 0.25) is 5.02 Å². The van der Waals surface area contributed by atoms with Gasteiger partial charge in [-0.1, -0.05) is 11.6 Å². The Morgan fingerprint density at radius 1 is 1.43 bits per heavy atom. The van der Waals surface area contributed by atoms with Gasteiger partial charge < -0.3 is 4.74 Å². The van der Waals surface area contributed by atoms with Gasteiger partial charge >= 0.3 is 0 Å². The summed E-state index contributed by atoms with van der Waals surface area (Å²) in [7, 11) is 0. The Labute approximate surface area is 129 Å². The maximum atomic E-state index is 6.21. The van der Waals surface area contributed by atoms with Crippen molar-refractivity contribution >= 4 is 23.4 Å². The highest BCUT2D eigenvalue weighted by molar-refractivity contribution is 6.33. The van der Waals surface area contributed by atoms with Crippen molar-refractivity contribution < 1.29 is 4.74 Å². The molecule has 5 rings (SSSR count). The van der Waals surface area contributed by atoms with Crippen LogP contribution in [0.25, 0.3) is 0 Å². The summed E-state index contributed by atoms with van der Waals surface area (Å²) in [5.41, 5.74) is 0.907. The Morgan fingerprint density at radius 3 is 2.90 bits per heavy atom. The second-order valence-electron chi connectivity index (χ2n) is 6.31. The number of hydrogen-bond donors (Lipinski definition) is 1. The van der Waals surface area contributed by atoms with Crippen LogP contribution in [0.15, 0.2) is 17.3 Å². The number of aryl methyl sites for hydroxylation is 1. The predicted molar refractivity (Wildman–Crippen MR) is 82.9 cm³/mol. The van der Waals surface area contributed by atoms with Gasteiger partial charge in [0.2, 0.25) is 0 Å². The van der Waals surface area contributed by atoms with Gasteiger partial charge in [-0.25, -0.2) is 9.98 Å². The number of aliphatic imine (C=N–C) groups is 1. The van der Waals surface area contributed by atoms with Gasteiger partial charge in [0, 0.05) is 18.7 Å². The zero-order valence-corrected chi connectivity index (χ0v) is 12.9. The molecule has 1 aromatic heterocycles. The summed E-state index contributed by atoms with van der Waals surface area (Å²) in [5.74, 6) is 1.23. The average molecular weight is 307 g/mol. The molecular weight excluding hydrogens is 288 g/mol. The van der Waals surface area contributed by atoms with Gasteiger partial charge in [0.05, 0.1) is 11.6 Å². The topological polar surface area (TPSA) is 49.8 Å². The first-order chi connectivity index (χ1) is 10.1. The molecule has 5 heterocycles. The largest absolute Gasteiger partial charge is 0.455 e. The van der Waals surface area contributed by atoms with Gasteiger partial charge in [0.25, 0.3) is 6.02 Å². The SMILES string of the molecule is Cc1cnc(NC2=NC[C@@]3(CN4CCC3CC4)O2)c(Cl)c1. The van der Waals surface area contributed by atoms with E-state index >= 15 is 0 Å². The molecule has 0 unspecified atom stereocenters. The minimum Gasteiger partial charge on any atom is -0.455 e. The van der Waals surface area contributed by atoms with E-state index < -0.39 is 0 Å². The fraction of sp³-hybridized carbons (Fsp3) is 0.600. The number of halogens is 1. The van der Waals surface area contributed by atoms with Crippen LogP contribution in [0.5, 0.6) is 0 Å². The van der Waals surface area contributed by atoms with Crippen LogP contribution in [0, 0.1) is 12.8 Å². The molecule has 1 N–H and O–H groups in total. The number of pyridine rings is 1. The van der Waals surface area contributed by atoms with Gasteiger partial charge in [-0.05, 0) is 44.5 Å². The number of nitrogens with zero attached hydrogens (tertiary/aromatic N) is 3. The minimum atomic E-state index is -0.129. The molecule has 0 amide bonds. The third-order valence-corrected chi connectivity index (χ3v) is 5.10. The van der Waals surface area contributed by atoms with E-state index in [0.717, 1.165) is 18.7 Å². The van der Waals surface area contributed by atoms with Crippen LogP contribution in [-0.2, 0) is 4.74 Å². The zero-order valence-electron chi connectivity index (χ0n) is 12.1. The number of ether oxygens (including phenoxy) is 1. The molecule has 0 radical (unpaired) electrons. The highest BCUT2D eigenvalue weighted by atomic mass is 35.5. The first-order valence-corrected chi connectivity index (χ1v) is 7.87. The molecule has 21 heavy (non-hydrogen) atoms. The van der Waals surface area contributed by atoms with E-state index in [0.29, 0.717) is 22.8 Å². The molecule has 3 fully saturated rings. The average Bonchev–Trinajstić information content (AvgIpc) is 2.86. The van der Waals surface area contributed by atoms with Crippen molar-refractivity contribution in [2.75, 3.05) is 31.5 Å². The van der Waals surface area contributed by atoms with Gasteiger partial charge in [-0.3, -0.25) is 10.2 Å². The van der Waals surface area contributed by atoms with Crippen LogP contribution >= 0.6 is 11.6 Å². The number of nitrogens with one attached hydrogen (secondary N) is 1. The lowest BCUT2D eigenvalue weighted by Crippen LogP contribution is -2.61. The third-order valence-electron chi connectivity index (χ3n) is 4.82. The van der Waals surface area contributed by atoms with Crippen LogP contribution < -0.4 is 5.32 Å². The molecule has 1 aromatic rings. The van der Waals surface area contributed by atoms with Crippen molar-refractivity contribution in [3.05, 3.63) is 22.8 Å². The summed E-state index contributed by atoms with van der Waals surface area (Å²) in [6.45, 7) is 6.09. The molecule has 4 aliphatic rings. The lowest BCUT2D eigenvalue weighted by atomic mass is 9.75. The normalized spacial score (nSPS) is 33.9. The van der Waals surface area contributed by atoms with Gasteiger partial charge in [-0.15, -0.1) is 0 Å². The van der Waals surface area contributed by atoms with E-state index in [9.17, 15) is 0 Å². The maximum Gasteiger partial charge on any atom is 0.291 e. The zero-order chi connectivity index (χ0) is 14.4. The maximum absolute atomic E-state index is 6.21. The Morgan fingerprint density at radius 2 is 2.24 bits per heavy atom. The van der Waals surface area contributed by atoms with Gasteiger partial charge in [-0.2, -0.15) is 0 Å². The van der Waals surface area contributed by atoms with E-state index in [4.69, 9.17) is 16.3 Å². The molecule has 112 valence electrons. The molecule has 0 aromatic carbocycles. The van der Waals surface area contributed by atoms with Gasteiger partial charge in [0.15, 0.2) is 5.82 Å². The molecule has 4 aliphatic heterocycles.